The molecule has 0 fully saturated rings. The number of carbonyl (C=O) groups excluding carboxylic acids is 1. The SMILES string of the molecule is CN(C(=O)OC(C)(C)C)c1cc(Nc2cccn(-c3cncnc3)c2=O)nc2c(C(=O)O)onc12. The van der Waals surface area contributed by atoms with Gasteiger partial charge >= 0.3 is 12.1 Å². The number of aromatic carboxylic acids is 1. The van der Waals surface area contributed by atoms with Gasteiger partial charge < -0.3 is 19.7 Å². The summed E-state index contributed by atoms with van der Waals surface area (Å²) in [6.45, 7) is 5.14. The van der Waals surface area contributed by atoms with Crippen molar-refractivity contribution in [3.63, 3.8) is 0 Å². The maximum Gasteiger partial charge on any atom is 0.414 e. The predicted octanol–water partition coefficient (Wildman–Crippen LogP) is 2.98. The van der Waals surface area contributed by atoms with E-state index in [0.717, 1.165) is 4.90 Å². The van der Waals surface area contributed by atoms with Crippen LogP contribution in [0.3, 0.4) is 0 Å². The van der Waals surface area contributed by atoms with Crippen molar-refractivity contribution in [3.05, 3.63) is 59.2 Å². The molecule has 4 aromatic heterocycles. The molecule has 0 unspecified atom stereocenters. The van der Waals surface area contributed by atoms with Gasteiger partial charge in [0.2, 0.25) is 0 Å². The third-order valence-electron chi connectivity index (χ3n) is 4.67. The Kier molecular flexibility index (Phi) is 5.91. The second-order valence-electron chi connectivity index (χ2n) is 8.40. The second-order valence-corrected chi connectivity index (χ2v) is 8.40. The van der Waals surface area contributed by atoms with Crippen LogP contribution in [0.5, 0.6) is 0 Å². The molecule has 13 heteroatoms. The van der Waals surface area contributed by atoms with Gasteiger partial charge in [-0.3, -0.25) is 14.3 Å². The van der Waals surface area contributed by atoms with Crippen LogP contribution in [0.4, 0.5) is 22.0 Å². The molecule has 0 atom stereocenters. The third kappa shape index (κ3) is 4.78. The fourth-order valence-electron chi connectivity index (χ4n) is 3.14. The standard InChI is InChI=1S/C22H21N7O6/c1-22(2,3)34-21(33)28(4)14-8-15(26-17-16(14)27-35-18(17)20(31)32)25-13-6-5-7-29(19(13)30)12-9-23-11-24-10-12/h5-11H,1-4H3,(H,25,26)(H,31,32). The lowest BCUT2D eigenvalue weighted by molar-refractivity contribution is 0.0588. The number of ether oxygens (including phenoxy) is 1. The summed E-state index contributed by atoms with van der Waals surface area (Å²) < 4.78 is 11.7. The Morgan fingerprint density at radius 2 is 1.91 bits per heavy atom. The number of fused-ring (bicyclic) bond motifs is 1. The van der Waals surface area contributed by atoms with Crippen LogP contribution in [-0.4, -0.2) is 54.5 Å². The van der Waals surface area contributed by atoms with Crippen molar-refractivity contribution >= 4 is 40.3 Å². The summed E-state index contributed by atoms with van der Waals surface area (Å²) in [7, 11) is 1.44. The van der Waals surface area contributed by atoms with E-state index in [4.69, 9.17) is 9.26 Å². The Hall–Kier alpha value is -4.81. The maximum absolute atomic E-state index is 13.1. The van der Waals surface area contributed by atoms with Crippen molar-refractivity contribution in [2.45, 2.75) is 26.4 Å². The number of nitrogens with zero attached hydrogens (tertiary/aromatic N) is 6. The number of nitrogens with one attached hydrogen (secondary N) is 1. The van der Waals surface area contributed by atoms with E-state index in [1.807, 2.05) is 0 Å². The number of carbonyl (C=O) groups is 2. The van der Waals surface area contributed by atoms with Crippen molar-refractivity contribution in [3.8, 4) is 5.69 Å². The number of pyridine rings is 2. The highest BCUT2D eigenvalue weighted by molar-refractivity contribution is 6.05. The molecule has 1 amide bonds. The Balaban J connectivity index is 1.80. The number of carboxylic acid groups (broad SMARTS) is 1. The Morgan fingerprint density at radius 1 is 1.20 bits per heavy atom. The Morgan fingerprint density at radius 3 is 2.57 bits per heavy atom. The minimum Gasteiger partial charge on any atom is -0.475 e. The average Bonchev–Trinajstić information content (AvgIpc) is 3.23. The minimum absolute atomic E-state index is 0.0354. The van der Waals surface area contributed by atoms with Gasteiger partial charge in [0.15, 0.2) is 5.52 Å². The number of anilines is 3. The van der Waals surface area contributed by atoms with Gasteiger partial charge in [0.1, 0.15) is 29.0 Å². The van der Waals surface area contributed by atoms with Gasteiger partial charge in [-0.05, 0) is 32.9 Å². The first-order chi connectivity index (χ1) is 16.5. The largest absolute Gasteiger partial charge is 0.475 e. The topological polar surface area (TPSA) is 166 Å². The molecule has 2 N–H and O–H groups in total. The maximum atomic E-state index is 13.1. The number of hydrogen-bond donors (Lipinski definition) is 2. The van der Waals surface area contributed by atoms with Gasteiger partial charge in [-0.25, -0.2) is 24.5 Å². The summed E-state index contributed by atoms with van der Waals surface area (Å²) in [6, 6.07) is 4.59. The number of aromatic nitrogens is 5. The molecule has 0 saturated carbocycles. The molecule has 35 heavy (non-hydrogen) atoms. The van der Waals surface area contributed by atoms with Crippen LogP contribution in [0.1, 0.15) is 31.3 Å². The van der Waals surface area contributed by atoms with Gasteiger partial charge in [0.25, 0.3) is 11.3 Å². The molecule has 0 bridgehead atoms. The predicted molar refractivity (Wildman–Crippen MR) is 124 cm³/mol. The zero-order valence-electron chi connectivity index (χ0n) is 19.2. The Bertz CT molecular complexity index is 1470. The lowest BCUT2D eigenvalue weighted by atomic mass is 10.2. The van der Waals surface area contributed by atoms with Crippen LogP contribution in [0, 0.1) is 0 Å². The summed E-state index contributed by atoms with van der Waals surface area (Å²) in [5.74, 6) is -1.84. The number of rotatable bonds is 5. The van der Waals surface area contributed by atoms with Crippen LogP contribution in [0.25, 0.3) is 16.7 Å². The zero-order chi connectivity index (χ0) is 25.3. The van der Waals surface area contributed by atoms with Crippen LogP contribution < -0.4 is 15.8 Å². The van der Waals surface area contributed by atoms with E-state index in [1.165, 1.54) is 42.5 Å². The molecule has 0 aliphatic heterocycles. The summed E-state index contributed by atoms with van der Waals surface area (Å²) >= 11 is 0. The van der Waals surface area contributed by atoms with E-state index in [2.05, 4.69) is 25.4 Å². The second kappa shape index (κ2) is 8.85. The van der Waals surface area contributed by atoms with Gasteiger partial charge in [0.05, 0.1) is 23.8 Å². The molecule has 4 heterocycles. The van der Waals surface area contributed by atoms with Crippen molar-refractivity contribution in [1.29, 1.82) is 0 Å². The van der Waals surface area contributed by atoms with Gasteiger partial charge in [-0.15, -0.1) is 0 Å². The fraction of sp³-hybridized carbons (Fsp3) is 0.227. The van der Waals surface area contributed by atoms with E-state index in [1.54, 1.807) is 33.0 Å². The van der Waals surface area contributed by atoms with Gasteiger partial charge in [-0.2, -0.15) is 0 Å². The quantitative estimate of drug-likeness (QED) is 0.432. The van der Waals surface area contributed by atoms with Gasteiger partial charge in [-0.1, -0.05) is 5.16 Å². The summed E-state index contributed by atoms with van der Waals surface area (Å²) in [6.07, 6.45) is 5.14. The van der Waals surface area contributed by atoms with E-state index in [0.29, 0.717) is 5.69 Å². The molecule has 4 rings (SSSR count). The highest BCUT2D eigenvalue weighted by Gasteiger charge is 2.27. The molecule has 13 nitrogen and oxygen atoms in total. The summed E-state index contributed by atoms with van der Waals surface area (Å²) in [5, 5.41) is 16.2. The van der Waals surface area contributed by atoms with Crippen molar-refractivity contribution < 1.29 is 24.0 Å². The smallest absolute Gasteiger partial charge is 0.414 e. The molecule has 0 aliphatic carbocycles. The lowest BCUT2D eigenvalue weighted by Crippen LogP contribution is -2.34. The molecule has 0 aliphatic rings. The molecule has 0 aromatic carbocycles. The number of hydrogen-bond acceptors (Lipinski definition) is 10. The van der Waals surface area contributed by atoms with Crippen molar-refractivity contribution in [2.24, 2.45) is 0 Å². The minimum atomic E-state index is -1.39. The molecule has 0 spiro atoms. The Labute approximate surface area is 198 Å². The third-order valence-corrected chi connectivity index (χ3v) is 4.67. The van der Waals surface area contributed by atoms with Gasteiger partial charge in [0, 0.05) is 19.3 Å². The first-order valence-corrected chi connectivity index (χ1v) is 10.3. The van der Waals surface area contributed by atoms with Crippen LogP contribution in [0.15, 0.2) is 52.4 Å². The zero-order valence-corrected chi connectivity index (χ0v) is 19.2. The molecule has 180 valence electrons. The first-order valence-electron chi connectivity index (χ1n) is 10.3. The van der Waals surface area contributed by atoms with E-state index in [-0.39, 0.29) is 28.2 Å². The molecule has 4 aromatic rings. The van der Waals surface area contributed by atoms with E-state index in [9.17, 15) is 19.5 Å². The fourth-order valence-corrected chi connectivity index (χ4v) is 3.14. The number of carboxylic acids is 1. The highest BCUT2D eigenvalue weighted by Crippen LogP contribution is 2.31. The molecule has 0 radical (unpaired) electrons. The summed E-state index contributed by atoms with van der Waals surface area (Å²) in [4.78, 5) is 50.6. The molecule has 0 saturated heterocycles. The average molecular weight is 479 g/mol. The molecular formula is C22H21N7O6. The lowest BCUT2D eigenvalue weighted by Gasteiger charge is -2.25. The number of amides is 1. The summed E-state index contributed by atoms with van der Waals surface area (Å²) in [5.41, 5.74) is -0.547. The monoisotopic (exact) mass is 479 g/mol. The van der Waals surface area contributed by atoms with Crippen molar-refractivity contribution in [1.82, 2.24) is 24.7 Å². The van der Waals surface area contributed by atoms with Crippen molar-refractivity contribution in [2.75, 3.05) is 17.3 Å². The first kappa shape index (κ1) is 23.4. The van der Waals surface area contributed by atoms with E-state index < -0.39 is 29.0 Å². The molecular weight excluding hydrogens is 458 g/mol. The van der Waals surface area contributed by atoms with Crippen LogP contribution >= 0.6 is 0 Å². The highest BCUT2D eigenvalue weighted by atomic mass is 16.6. The van der Waals surface area contributed by atoms with E-state index >= 15 is 0 Å². The normalized spacial score (nSPS) is 11.3. The van der Waals surface area contributed by atoms with Crippen LogP contribution in [-0.2, 0) is 4.74 Å². The van der Waals surface area contributed by atoms with Crippen LogP contribution in [0.2, 0.25) is 0 Å².